The van der Waals surface area contributed by atoms with Crippen LogP contribution in [0.4, 0.5) is 5.13 Å². The molecule has 7 nitrogen and oxygen atoms in total. The van der Waals surface area contributed by atoms with Crippen molar-refractivity contribution in [2.75, 3.05) is 18.1 Å². The average molecular weight is 505 g/mol. The number of carbonyl (C=O) groups excluding carboxylic acids is 1. The number of hydrogen-bond donors (Lipinski definition) is 0. The number of amides is 1. The predicted molar refractivity (Wildman–Crippen MR) is 132 cm³/mol. The maximum atomic E-state index is 13.6. The zero-order valence-corrected chi connectivity index (χ0v) is 20.2. The van der Waals surface area contributed by atoms with Gasteiger partial charge < -0.3 is 14.0 Å². The van der Waals surface area contributed by atoms with Crippen LogP contribution in [0.5, 0.6) is 11.5 Å². The number of carbonyl (C=O) groups is 1. The van der Waals surface area contributed by atoms with Crippen molar-refractivity contribution in [2.24, 2.45) is 0 Å². The maximum Gasteiger partial charge on any atom is 0.273 e. The molecule has 1 unspecified atom stereocenters. The van der Waals surface area contributed by atoms with Gasteiger partial charge in [0.05, 0.1) is 21.6 Å². The van der Waals surface area contributed by atoms with E-state index >= 15 is 0 Å². The third-order valence-corrected chi connectivity index (χ3v) is 6.86. The second-order valence-electron chi connectivity index (χ2n) is 7.55. The number of fused-ring (bicyclic) bond motifs is 2. The van der Waals surface area contributed by atoms with Gasteiger partial charge in [0.15, 0.2) is 16.6 Å². The molecule has 3 heterocycles. The van der Waals surface area contributed by atoms with Gasteiger partial charge in [-0.3, -0.25) is 9.69 Å². The Kier molecular flexibility index (Phi) is 7.07. The molecule has 33 heavy (non-hydrogen) atoms. The quantitative estimate of drug-likeness (QED) is 0.363. The van der Waals surface area contributed by atoms with Crippen LogP contribution >= 0.6 is 35.3 Å². The largest absolute Gasteiger partial charge is 0.485 e. The third-order valence-electron chi connectivity index (χ3n) is 5.32. The number of rotatable bonds is 6. The van der Waals surface area contributed by atoms with E-state index in [9.17, 15) is 4.79 Å². The minimum absolute atomic E-state index is 0. The van der Waals surface area contributed by atoms with Crippen LogP contribution < -0.4 is 14.4 Å². The summed E-state index contributed by atoms with van der Waals surface area (Å²) in [5.74, 6) is 1.03. The van der Waals surface area contributed by atoms with Crippen molar-refractivity contribution in [3.8, 4) is 11.5 Å². The molecule has 0 radical (unpaired) electrons. The first-order valence-electron chi connectivity index (χ1n) is 10.3. The Morgan fingerprint density at radius 2 is 2.09 bits per heavy atom. The van der Waals surface area contributed by atoms with Crippen molar-refractivity contribution in [1.82, 2.24) is 14.5 Å². The normalized spacial score (nSPS) is 14.7. The molecule has 2 aromatic heterocycles. The van der Waals surface area contributed by atoms with Crippen LogP contribution in [-0.2, 0) is 11.3 Å². The van der Waals surface area contributed by atoms with Crippen molar-refractivity contribution >= 4 is 56.6 Å². The Morgan fingerprint density at radius 1 is 1.27 bits per heavy atom. The zero-order chi connectivity index (χ0) is 22.1. The molecule has 172 valence electrons. The maximum absolute atomic E-state index is 13.6. The van der Waals surface area contributed by atoms with Gasteiger partial charge in [0.1, 0.15) is 6.61 Å². The molecule has 10 heteroatoms. The second kappa shape index (κ2) is 9.99. The third kappa shape index (κ3) is 4.78. The minimum Gasteiger partial charge on any atom is -0.485 e. The number of thiazole rings is 1. The van der Waals surface area contributed by atoms with Crippen molar-refractivity contribution in [1.29, 1.82) is 0 Å². The Hall–Kier alpha value is -2.81. The van der Waals surface area contributed by atoms with Crippen molar-refractivity contribution in [2.45, 2.75) is 26.0 Å². The van der Waals surface area contributed by atoms with Crippen LogP contribution in [0.1, 0.15) is 12.0 Å². The summed E-state index contributed by atoms with van der Waals surface area (Å²) in [5.41, 5.74) is 1.83. The van der Waals surface area contributed by atoms with Crippen LogP contribution in [0.15, 0.2) is 55.1 Å². The number of halogens is 2. The van der Waals surface area contributed by atoms with Gasteiger partial charge in [-0.1, -0.05) is 41.1 Å². The minimum atomic E-state index is -0.748. The van der Waals surface area contributed by atoms with E-state index in [0.29, 0.717) is 28.2 Å². The van der Waals surface area contributed by atoms with Crippen LogP contribution in [0.2, 0.25) is 5.02 Å². The van der Waals surface area contributed by atoms with Crippen LogP contribution in [0.3, 0.4) is 0 Å². The standard InChI is InChI=1S/C23H21ClN4O3S.ClH/c1-15-7-8-16(24)21-20(15)26-23(32-21)28(11-4-10-27-12-9-25-14-27)22(29)19-13-30-17-5-2-3-6-18(17)31-19;/h2-3,5-9,12,14,19H,4,10-11,13H2,1H3;1H. The van der Waals surface area contributed by atoms with Gasteiger partial charge in [-0.05, 0) is 37.1 Å². The lowest BCUT2D eigenvalue weighted by Crippen LogP contribution is -2.47. The van der Waals surface area contributed by atoms with Gasteiger partial charge in [0.2, 0.25) is 6.10 Å². The SMILES string of the molecule is Cc1ccc(Cl)c2sc(N(CCCn3ccnc3)C(=O)C3COc4ccccc4O3)nc12.Cl. The van der Waals surface area contributed by atoms with Crippen molar-refractivity contribution < 1.29 is 14.3 Å². The summed E-state index contributed by atoms with van der Waals surface area (Å²) in [6.45, 7) is 3.36. The molecule has 5 rings (SSSR count). The number of benzene rings is 2. The average Bonchev–Trinajstić information content (AvgIpc) is 3.49. The van der Waals surface area contributed by atoms with Gasteiger partial charge in [-0.25, -0.2) is 9.97 Å². The first kappa shape index (κ1) is 23.4. The smallest absolute Gasteiger partial charge is 0.273 e. The Labute approximate surface area is 206 Å². The lowest BCUT2D eigenvalue weighted by Gasteiger charge is -2.29. The number of hydrogen-bond acceptors (Lipinski definition) is 6. The van der Waals surface area contributed by atoms with Gasteiger partial charge in [-0.2, -0.15) is 0 Å². The monoisotopic (exact) mass is 504 g/mol. The van der Waals surface area contributed by atoms with Gasteiger partial charge in [0.25, 0.3) is 5.91 Å². The molecular formula is C23H22Cl2N4O3S. The fourth-order valence-corrected chi connectivity index (χ4v) is 5.00. The topological polar surface area (TPSA) is 69.5 Å². The number of ether oxygens (including phenoxy) is 2. The Balaban J connectivity index is 0.00000259. The van der Waals surface area contributed by atoms with Crippen LogP contribution in [0, 0.1) is 6.92 Å². The Morgan fingerprint density at radius 3 is 2.85 bits per heavy atom. The van der Waals surface area contributed by atoms with E-state index in [1.54, 1.807) is 23.5 Å². The van der Waals surface area contributed by atoms with E-state index in [0.717, 1.165) is 28.7 Å². The molecule has 4 aromatic rings. The van der Waals surface area contributed by atoms with Gasteiger partial charge in [0, 0.05) is 25.5 Å². The Bertz CT molecular complexity index is 1220. The predicted octanol–water partition coefficient (Wildman–Crippen LogP) is 5.14. The number of anilines is 1. The summed E-state index contributed by atoms with van der Waals surface area (Å²) in [6, 6.07) is 11.2. The summed E-state index contributed by atoms with van der Waals surface area (Å²) in [6.07, 6.45) is 5.40. The number of imidazole rings is 1. The number of nitrogens with zero attached hydrogens (tertiary/aromatic N) is 4. The van der Waals surface area contributed by atoms with Gasteiger partial charge >= 0.3 is 0 Å². The molecule has 2 aromatic carbocycles. The fraction of sp³-hybridized carbons (Fsp3) is 0.261. The van der Waals surface area contributed by atoms with E-state index < -0.39 is 6.10 Å². The number of aryl methyl sites for hydroxylation is 2. The summed E-state index contributed by atoms with van der Waals surface area (Å²) >= 11 is 7.83. The molecule has 1 atom stereocenters. The molecule has 1 amide bonds. The molecule has 0 saturated heterocycles. The van der Waals surface area contributed by atoms with Crippen molar-refractivity contribution in [3.63, 3.8) is 0 Å². The molecule has 0 fully saturated rings. The molecule has 1 aliphatic heterocycles. The second-order valence-corrected chi connectivity index (χ2v) is 8.93. The van der Waals surface area contributed by atoms with Crippen LogP contribution in [-0.4, -0.2) is 39.7 Å². The molecule has 1 aliphatic rings. The summed E-state index contributed by atoms with van der Waals surface area (Å²) in [5, 5.41) is 1.24. The highest BCUT2D eigenvalue weighted by Gasteiger charge is 2.33. The molecule has 0 aliphatic carbocycles. The zero-order valence-electron chi connectivity index (χ0n) is 17.8. The lowest BCUT2D eigenvalue weighted by molar-refractivity contribution is -0.127. The van der Waals surface area contributed by atoms with E-state index in [1.807, 2.05) is 48.0 Å². The molecule has 0 spiro atoms. The summed E-state index contributed by atoms with van der Waals surface area (Å²) in [4.78, 5) is 24.1. The first-order valence-corrected chi connectivity index (χ1v) is 11.5. The highest BCUT2D eigenvalue weighted by Crippen LogP contribution is 2.37. The van der Waals surface area contributed by atoms with E-state index in [4.69, 9.17) is 26.1 Å². The highest BCUT2D eigenvalue weighted by molar-refractivity contribution is 7.23. The van der Waals surface area contributed by atoms with E-state index in [1.165, 1.54) is 11.3 Å². The number of aromatic nitrogens is 3. The lowest BCUT2D eigenvalue weighted by atomic mass is 10.2. The van der Waals surface area contributed by atoms with Crippen molar-refractivity contribution in [3.05, 3.63) is 65.7 Å². The molecular weight excluding hydrogens is 483 g/mol. The fourth-order valence-electron chi connectivity index (χ4n) is 3.65. The number of para-hydroxylation sites is 2. The van der Waals surface area contributed by atoms with E-state index in [2.05, 4.69) is 4.98 Å². The molecule has 0 N–H and O–H groups in total. The summed E-state index contributed by atoms with van der Waals surface area (Å²) < 4.78 is 14.6. The molecule has 0 bridgehead atoms. The van der Waals surface area contributed by atoms with Gasteiger partial charge in [-0.15, -0.1) is 12.4 Å². The first-order chi connectivity index (χ1) is 15.6. The highest BCUT2D eigenvalue weighted by atomic mass is 35.5. The van der Waals surface area contributed by atoms with Crippen LogP contribution in [0.25, 0.3) is 10.2 Å². The molecule has 0 saturated carbocycles. The van der Waals surface area contributed by atoms with E-state index in [-0.39, 0.29) is 24.9 Å². The summed E-state index contributed by atoms with van der Waals surface area (Å²) in [7, 11) is 0.